The summed E-state index contributed by atoms with van der Waals surface area (Å²) in [5.41, 5.74) is 0.969. The fourth-order valence-electron chi connectivity index (χ4n) is 2.07. The van der Waals surface area contributed by atoms with Crippen LogP contribution in [0.2, 0.25) is 0 Å². The predicted molar refractivity (Wildman–Crippen MR) is 73.3 cm³/mol. The van der Waals surface area contributed by atoms with Crippen molar-refractivity contribution in [2.45, 2.75) is 37.0 Å². The average molecular weight is 264 g/mol. The molecule has 18 heavy (non-hydrogen) atoms. The third-order valence-corrected chi connectivity index (χ3v) is 4.06. The molecular formula is C15H17FOS. The molecule has 0 atom stereocenters. The Morgan fingerprint density at radius 1 is 1.28 bits per heavy atom. The number of halogens is 1. The minimum absolute atomic E-state index is 0.200. The monoisotopic (exact) mass is 264 g/mol. The minimum atomic E-state index is -0.249. The van der Waals surface area contributed by atoms with Crippen LogP contribution in [0.25, 0.3) is 0 Å². The third-order valence-electron chi connectivity index (χ3n) is 3.07. The molecule has 0 unspecified atom stereocenters. The van der Waals surface area contributed by atoms with E-state index in [4.69, 9.17) is 0 Å². The van der Waals surface area contributed by atoms with E-state index < -0.39 is 0 Å². The number of hydrogen-bond acceptors (Lipinski definition) is 2. The molecule has 1 aliphatic carbocycles. The zero-order valence-electron chi connectivity index (χ0n) is 10.3. The molecule has 0 radical (unpaired) electrons. The van der Waals surface area contributed by atoms with Crippen molar-refractivity contribution >= 4 is 17.5 Å². The van der Waals surface area contributed by atoms with Crippen molar-refractivity contribution in [1.29, 1.82) is 0 Å². The largest absolute Gasteiger partial charge is 0.294 e. The zero-order chi connectivity index (χ0) is 12.8. The maximum Gasteiger partial charge on any atom is 0.168 e. The van der Waals surface area contributed by atoms with Gasteiger partial charge in [-0.3, -0.25) is 4.79 Å². The SMILES string of the molecule is O=C(CSc1cccc(F)c1)C1=CCCCCC1. The molecule has 96 valence electrons. The maximum absolute atomic E-state index is 13.0. The highest BCUT2D eigenvalue weighted by atomic mass is 32.2. The molecule has 0 amide bonds. The van der Waals surface area contributed by atoms with E-state index in [1.807, 2.05) is 6.07 Å². The number of carbonyl (C=O) groups excluding carboxylic acids is 1. The summed E-state index contributed by atoms with van der Waals surface area (Å²) < 4.78 is 13.0. The van der Waals surface area contributed by atoms with Crippen LogP contribution in [0, 0.1) is 5.82 Å². The molecule has 3 heteroatoms. The van der Waals surface area contributed by atoms with Gasteiger partial charge in [-0.05, 0) is 49.5 Å². The Balaban J connectivity index is 1.89. The predicted octanol–water partition coefficient (Wildman–Crippen LogP) is 4.38. The van der Waals surface area contributed by atoms with E-state index in [1.165, 1.54) is 36.7 Å². The van der Waals surface area contributed by atoms with Gasteiger partial charge in [-0.25, -0.2) is 4.39 Å². The quantitative estimate of drug-likeness (QED) is 0.751. The zero-order valence-corrected chi connectivity index (χ0v) is 11.1. The van der Waals surface area contributed by atoms with Crippen LogP contribution < -0.4 is 0 Å². The van der Waals surface area contributed by atoms with Crippen LogP contribution in [0.5, 0.6) is 0 Å². The van der Waals surface area contributed by atoms with Gasteiger partial charge < -0.3 is 0 Å². The van der Waals surface area contributed by atoms with Crippen LogP contribution in [-0.4, -0.2) is 11.5 Å². The van der Waals surface area contributed by atoms with E-state index >= 15 is 0 Å². The van der Waals surface area contributed by atoms with Crippen LogP contribution in [0.15, 0.2) is 40.8 Å². The molecule has 1 nitrogen and oxygen atoms in total. The van der Waals surface area contributed by atoms with Crippen molar-refractivity contribution < 1.29 is 9.18 Å². The van der Waals surface area contributed by atoms with Gasteiger partial charge in [-0.2, -0.15) is 0 Å². The average Bonchev–Trinajstić information content (AvgIpc) is 2.65. The summed E-state index contributed by atoms with van der Waals surface area (Å²) in [5, 5.41) is 0. The smallest absolute Gasteiger partial charge is 0.168 e. The molecule has 1 aromatic rings. The Kier molecular flexibility index (Phi) is 5.00. The summed E-state index contributed by atoms with van der Waals surface area (Å²) in [4.78, 5) is 12.8. The van der Waals surface area contributed by atoms with Gasteiger partial charge in [0.25, 0.3) is 0 Å². The van der Waals surface area contributed by atoms with E-state index in [1.54, 1.807) is 6.07 Å². The van der Waals surface area contributed by atoms with Crippen LogP contribution >= 0.6 is 11.8 Å². The lowest BCUT2D eigenvalue weighted by atomic mass is 10.1. The van der Waals surface area contributed by atoms with Gasteiger partial charge in [0.15, 0.2) is 5.78 Å². The fraction of sp³-hybridized carbons (Fsp3) is 0.400. The molecule has 0 spiro atoms. The first-order chi connectivity index (χ1) is 8.75. The lowest BCUT2D eigenvalue weighted by Gasteiger charge is -2.04. The van der Waals surface area contributed by atoms with E-state index in [0.29, 0.717) is 5.75 Å². The van der Waals surface area contributed by atoms with E-state index in [-0.39, 0.29) is 11.6 Å². The van der Waals surface area contributed by atoms with Crippen molar-refractivity contribution in [1.82, 2.24) is 0 Å². The van der Waals surface area contributed by atoms with E-state index in [9.17, 15) is 9.18 Å². The van der Waals surface area contributed by atoms with Gasteiger partial charge in [-0.1, -0.05) is 18.6 Å². The Morgan fingerprint density at radius 2 is 2.17 bits per heavy atom. The number of hydrogen-bond donors (Lipinski definition) is 0. The highest BCUT2D eigenvalue weighted by Gasteiger charge is 2.11. The standard InChI is InChI=1S/C15H17FOS/c16-13-8-5-9-14(10-13)18-11-15(17)12-6-3-1-2-4-7-12/h5-6,8-10H,1-4,7,11H2. The van der Waals surface area contributed by atoms with Crippen molar-refractivity contribution in [3.05, 3.63) is 41.7 Å². The molecule has 1 aromatic carbocycles. The Bertz CT molecular complexity index is 454. The van der Waals surface area contributed by atoms with Crippen molar-refractivity contribution in [2.24, 2.45) is 0 Å². The number of benzene rings is 1. The summed E-state index contributed by atoms with van der Waals surface area (Å²) >= 11 is 1.41. The first kappa shape index (κ1) is 13.3. The fourth-order valence-corrected chi connectivity index (χ4v) is 2.92. The number of allylic oxidation sites excluding steroid dienone is 2. The molecule has 0 bridgehead atoms. The summed E-state index contributed by atoms with van der Waals surface area (Å²) in [6.45, 7) is 0. The third kappa shape index (κ3) is 3.98. The van der Waals surface area contributed by atoms with Crippen LogP contribution in [0.1, 0.15) is 32.1 Å². The van der Waals surface area contributed by atoms with Crippen molar-refractivity contribution in [3.63, 3.8) is 0 Å². The summed E-state index contributed by atoms with van der Waals surface area (Å²) in [6.07, 6.45) is 7.52. The number of thioether (sulfide) groups is 1. The first-order valence-electron chi connectivity index (χ1n) is 6.36. The Labute approximate surface area is 111 Å². The minimum Gasteiger partial charge on any atom is -0.294 e. The maximum atomic E-state index is 13.0. The lowest BCUT2D eigenvalue weighted by Crippen LogP contribution is -2.05. The van der Waals surface area contributed by atoms with Gasteiger partial charge in [0.1, 0.15) is 5.82 Å². The first-order valence-corrected chi connectivity index (χ1v) is 7.35. The second kappa shape index (κ2) is 6.74. The highest BCUT2D eigenvalue weighted by molar-refractivity contribution is 8.00. The number of carbonyl (C=O) groups is 1. The van der Waals surface area contributed by atoms with Gasteiger partial charge in [0.05, 0.1) is 5.75 Å². The van der Waals surface area contributed by atoms with Gasteiger partial charge in [0, 0.05) is 4.90 Å². The number of rotatable bonds is 4. The number of ketones is 1. The summed E-state index contributed by atoms with van der Waals surface area (Å²) in [7, 11) is 0. The molecular weight excluding hydrogens is 247 g/mol. The van der Waals surface area contributed by atoms with Crippen LogP contribution in [-0.2, 0) is 4.79 Å². The number of Topliss-reactive ketones (excluding diaryl/α,β-unsaturated/α-hetero) is 1. The summed E-state index contributed by atoms with van der Waals surface area (Å²) in [5.74, 6) is 0.363. The van der Waals surface area contributed by atoms with Gasteiger partial charge in [0.2, 0.25) is 0 Å². The molecule has 0 N–H and O–H groups in total. The van der Waals surface area contributed by atoms with E-state index in [0.717, 1.165) is 29.7 Å². The second-order valence-corrected chi connectivity index (χ2v) is 5.55. The van der Waals surface area contributed by atoms with Crippen LogP contribution in [0.3, 0.4) is 0 Å². The van der Waals surface area contributed by atoms with Crippen molar-refractivity contribution in [2.75, 3.05) is 5.75 Å². The molecule has 0 saturated carbocycles. The Morgan fingerprint density at radius 3 is 3.00 bits per heavy atom. The molecule has 1 aliphatic rings. The molecule has 0 aliphatic heterocycles. The lowest BCUT2D eigenvalue weighted by molar-refractivity contribution is -0.113. The van der Waals surface area contributed by atoms with E-state index in [2.05, 4.69) is 6.08 Å². The van der Waals surface area contributed by atoms with Gasteiger partial charge >= 0.3 is 0 Å². The van der Waals surface area contributed by atoms with Crippen LogP contribution in [0.4, 0.5) is 4.39 Å². The summed E-state index contributed by atoms with van der Waals surface area (Å²) in [6, 6.07) is 6.40. The van der Waals surface area contributed by atoms with Gasteiger partial charge in [-0.15, -0.1) is 11.8 Å². The highest BCUT2D eigenvalue weighted by Crippen LogP contribution is 2.23. The molecule has 0 aromatic heterocycles. The molecule has 2 rings (SSSR count). The normalized spacial score (nSPS) is 15.9. The molecule has 0 fully saturated rings. The van der Waals surface area contributed by atoms with Crippen molar-refractivity contribution in [3.8, 4) is 0 Å². The topological polar surface area (TPSA) is 17.1 Å². The second-order valence-electron chi connectivity index (χ2n) is 4.50. The Hall–Kier alpha value is -1.09. The molecule has 0 saturated heterocycles. The molecule has 0 heterocycles.